The predicted octanol–water partition coefficient (Wildman–Crippen LogP) is 19.2. The van der Waals surface area contributed by atoms with Gasteiger partial charge in [0, 0.05) is 12.8 Å². The number of aliphatic hydroxyl groups is 2. The third-order valence-electron chi connectivity index (χ3n) is 14.6. The van der Waals surface area contributed by atoms with Crippen molar-refractivity contribution in [2.45, 2.75) is 360 Å². The molecule has 0 fully saturated rings. The highest BCUT2D eigenvalue weighted by molar-refractivity contribution is 5.76. The number of carbonyl (C=O) groups is 2. The van der Waals surface area contributed by atoms with Crippen LogP contribution in [-0.4, -0.2) is 47.4 Å². The zero-order valence-electron chi connectivity index (χ0n) is 46.1. The van der Waals surface area contributed by atoms with Crippen LogP contribution < -0.4 is 5.32 Å². The maximum Gasteiger partial charge on any atom is 0.305 e. The maximum atomic E-state index is 12.4. The number of aliphatic hydroxyl groups excluding tert-OH is 2. The van der Waals surface area contributed by atoms with Crippen LogP contribution >= 0.6 is 0 Å². The van der Waals surface area contributed by atoms with Gasteiger partial charge < -0.3 is 20.3 Å². The number of esters is 1. The average Bonchev–Trinajstić information content (AvgIpc) is 3.34. The van der Waals surface area contributed by atoms with Gasteiger partial charge in [-0.2, -0.15) is 0 Å². The Morgan fingerprint density at radius 3 is 1.00 bits per heavy atom. The molecule has 0 aliphatic carbocycles. The van der Waals surface area contributed by atoms with Gasteiger partial charge in [-0.3, -0.25) is 9.59 Å². The van der Waals surface area contributed by atoms with E-state index in [-0.39, 0.29) is 18.5 Å². The SMILES string of the molecule is CCCCCCCCCCCC/C=C/C(O)C(CO)NC(=O)CCCCCCCCCCCCCCCCCCCCCCCCCCCOC(=O)CCCCCCCCCCCCCCCC. The second-order valence-corrected chi connectivity index (χ2v) is 21.4. The fraction of sp³-hybridized carbons (Fsp3) is 0.935. The summed E-state index contributed by atoms with van der Waals surface area (Å²) >= 11 is 0. The molecule has 68 heavy (non-hydrogen) atoms. The Kier molecular flexibility index (Phi) is 57.0. The molecule has 0 aromatic rings. The molecule has 0 aliphatic rings. The van der Waals surface area contributed by atoms with E-state index in [4.69, 9.17) is 4.74 Å². The predicted molar refractivity (Wildman–Crippen MR) is 297 cm³/mol. The summed E-state index contributed by atoms with van der Waals surface area (Å²) in [4.78, 5) is 24.5. The van der Waals surface area contributed by atoms with Crippen molar-refractivity contribution in [3.63, 3.8) is 0 Å². The fourth-order valence-electron chi connectivity index (χ4n) is 9.81. The molecule has 3 N–H and O–H groups in total. The van der Waals surface area contributed by atoms with Crippen LogP contribution in [-0.2, 0) is 14.3 Å². The minimum Gasteiger partial charge on any atom is -0.466 e. The van der Waals surface area contributed by atoms with Crippen molar-refractivity contribution in [1.82, 2.24) is 5.32 Å². The molecule has 2 unspecified atom stereocenters. The lowest BCUT2D eigenvalue weighted by atomic mass is 10.0. The molecule has 0 radical (unpaired) electrons. The third-order valence-corrected chi connectivity index (χ3v) is 14.6. The number of nitrogens with one attached hydrogen (secondary N) is 1. The molecule has 6 heteroatoms. The van der Waals surface area contributed by atoms with Crippen molar-refractivity contribution in [1.29, 1.82) is 0 Å². The normalized spacial score (nSPS) is 12.6. The van der Waals surface area contributed by atoms with Crippen molar-refractivity contribution in [3.05, 3.63) is 12.2 Å². The molecule has 1 amide bonds. The standard InChI is InChI=1S/C62H121NO5/c1-3-5-7-9-11-13-15-17-32-36-40-44-48-52-56-62(67)68-57-53-49-45-41-37-33-30-28-26-24-22-20-18-19-21-23-25-27-29-31-35-39-43-47-51-55-61(66)63-59(58-64)60(65)54-50-46-42-38-34-16-14-12-10-8-6-4-2/h50,54,59-60,64-65H,3-49,51-53,55-58H2,1-2H3,(H,63,66)/b54-50+. The third kappa shape index (κ3) is 53.9. The molecule has 0 aromatic carbocycles. The van der Waals surface area contributed by atoms with Gasteiger partial charge in [0.1, 0.15) is 0 Å². The molecule has 2 atom stereocenters. The lowest BCUT2D eigenvalue weighted by Crippen LogP contribution is -2.45. The first-order valence-corrected chi connectivity index (χ1v) is 31.0. The van der Waals surface area contributed by atoms with Crippen LogP contribution in [0.5, 0.6) is 0 Å². The number of amides is 1. The maximum absolute atomic E-state index is 12.4. The summed E-state index contributed by atoms with van der Waals surface area (Å²) < 4.78 is 5.49. The van der Waals surface area contributed by atoms with Crippen LogP contribution in [0.25, 0.3) is 0 Å². The Balaban J connectivity index is 3.35. The number of unbranched alkanes of at least 4 members (excludes halogenated alkanes) is 47. The van der Waals surface area contributed by atoms with Crippen molar-refractivity contribution in [2.75, 3.05) is 13.2 Å². The van der Waals surface area contributed by atoms with E-state index in [0.29, 0.717) is 19.4 Å². The fourth-order valence-corrected chi connectivity index (χ4v) is 9.81. The smallest absolute Gasteiger partial charge is 0.305 e. The Morgan fingerprint density at radius 2 is 0.676 bits per heavy atom. The molecular formula is C62H121NO5. The van der Waals surface area contributed by atoms with Crippen LogP contribution in [0.3, 0.4) is 0 Å². The van der Waals surface area contributed by atoms with Gasteiger partial charge in [0.15, 0.2) is 0 Å². The molecule has 0 aromatic heterocycles. The minimum atomic E-state index is -0.841. The van der Waals surface area contributed by atoms with E-state index in [1.165, 1.54) is 283 Å². The van der Waals surface area contributed by atoms with Gasteiger partial charge in [-0.15, -0.1) is 0 Å². The summed E-state index contributed by atoms with van der Waals surface area (Å²) in [5, 5.41) is 23.1. The number of hydrogen-bond donors (Lipinski definition) is 3. The molecule has 0 bridgehead atoms. The van der Waals surface area contributed by atoms with Crippen molar-refractivity contribution in [3.8, 4) is 0 Å². The van der Waals surface area contributed by atoms with Gasteiger partial charge in [0.2, 0.25) is 5.91 Å². The molecular weight excluding hydrogens is 839 g/mol. The van der Waals surface area contributed by atoms with Crippen LogP contribution in [0, 0.1) is 0 Å². The number of hydrogen-bond acceptors (Lipinski definition) is 5. The highest BCUT2D eigenvalue weighted by Crippen LogP contribution is 2.18. The number of allylic oxidation sites excluding steroid dienone is 1. The lowest BCUT2D eigenvalue weighted by Gasteiger charge is -2.20. The van der Waals surface area contributed by atoms with Crippen LogP contribution in [0.4, 0.5) is 0 Å². The van der Waals surface area contributed by atoms with E-state index in [1.54, 1.807) is 6.08 Å². The zero-order valence-corrected chi connectivity index (χ0v) is 46.1. The van der Waals surface area contributed by atoms with Gasteiger partial charge in [-0.05, 0) is 32.1 Å². The van der Waals surface area contributed by atoms with Crippen LogP contribution in [0.1, 0.15) is 348 Å². The Morgan fingerprint density at radius 1 is 0.397 bits per heavy atom. The summed E-state index contributed by atoms with van der Waals surface area (Å²) in [5.41, 5.74) is 0. The van der Waals surface area contributed by atoms with Gasteiger partial charge in [0.05, 0.1) is 25.4 Å². The van der Waals surface area contributed by atoms with E-state index in [0.717, 1.165) is 38.5 Å². The van der Waals surface area contributed by atoms with Gasteiger partial charge in [-0.1, -0.05) is 315 Å². The first-order valence-electron chi connectivity index (χ1n) is 31.0. The Labute approximate surface area is 425 Å². The zero-order chi connectivity index (χ0) is 49.3. The average molecular weight is 961 g/mol. The second-order valence-electron chi connectivity index (χ2n) is 21.4. The van der Waals surface area contributed by atoms with Gasteiger partial charge in [0.25, 0.3) is 0 Å². The highest BCUT2D eigenvalue weighted by atomic mass is 16.5. The van der Waals surface area contributed by atoms with Crippen LogP contribution in [0.2, 0.25) is 0 Å². The van der Waals surface area contributed by atoms with Gasteiger partial charge in [-0.25, -0.2) is 0 Å². The minimum absolute atomic E-state index is 0.0187. The molecule has 0 rings (SSSR count). The molecule has 0 aliphatic heterocycles. The van der Waals surface area contributed by atoms with Crippen molar-refractivity contribution >= 4 is 11.9 Å². The largest absolute Gasteiger partial charge is 0.466 e. The summed E-state index contributed by atoms with van der Waals surface area (Å²) in [6, 6.07) is -0.624. The van der Waals surface area contributed by atoms with Gasteiger partial charge >= 0.3 is 5.97 Å². The first kappa shape index (κ1) is 66.6. The quantitative estimate of drug-likeness (QED) is 0.0321. The van der Waals surface area contributed by atoms with E-state index in [2.05, 4.69) is 19.2 Å². The topological polar surface area (TPSA) is 95.9 Å². The highest BCUT2D eigenvalue weighted by Gasteiger charge is 2.18. The number of ether oxygens (including phenoxy) is 1. The van der Waals surface area contributed by atoms with Crippen LogP contribution in [0.15, 0.2) is 12.2 Å². The Bertz CT molecular complexity index is 1020. The summed E-state index contributed by atoms with van der Waals surface area (Å²) in [6.07, 6.45) is 69.7. The van der Waals surface area contributed by atoms with E-state index in [9.17, 15) is 19.8 Å². The first-order chi connectivity index (χ1) is 33.5. The number of carbonyl (C=O) groups excluding carboxylic acids is 2. The lowest BCUT2D eigenvalue weighted by molar-refractivity contribution is -0.143. The molecule has 0 saturated carbocycles. The molecule has 0 saturated heterocycles. The molecule has 0 heterocycles. The van der Waals surface area contributed by atoms with E-state index < -0.39 is 12.1 Å². The summed E-state index contributed by atoms with van der Waals surface area (Å²) in [7, 11) is 0. The number of rotatable bonds is 58. The Hall–Kier alpha value is -1.40. The van der Waals surface area contributed by atoms with E-state index in [1.807, 2.05) is 6.08 Å². The monoisotopic (exact) mass is 960 g/mol. The summed E-state index contributed by atoms with van der Waals surface area (Å²) in [6.45, 7) is 4.92. The van der Waals surface area contributed by atoms with E-state index >= 15 is 0 Å². The van der Waals surface area contributed by atoms with Crippen molar-refractivity contribution in [2.24, 2.45) is 0 Å². The summed E-state index contributed by atoms with van der Waals surface area (Å²) in [5.74, 6) is -0.0467. The molecule has 404 valence electrons. The van der Waals surface area contributed by atoms with Crippen molar-refractivity contribution < 1.29 is 24.5 Å². The molecule has 6 nitrogen and oxygen atoms in total. The second kappa shape index (κ2) is 58.2. The molecule has 0 spiro atoms.